The molecule has 0 aliphatic carbocycles. The molecule has 3 heterocycles. The Morgan fingerprint density at radius 2 is 1.67 bits per heavy atom. The van der Waals surface area contributed by atoms with Gasteiger partial charge in [0.15, 0.2) is 0 Å². The molecule has 0 radical (unpaired) electrons. The van der Waals surface area contributed by atoms with Crippen molar-refractivity contribution in [3.05, 3.63) is 89.2 Å². The van der Waals surface area contributed by atoms with Gasteiger partial charge in [0, 0.05) is 44.1 Å². The Kier molecular flexibility index (Phi) is 7.42. The first-order valence-electron chi connectivity index (χ1n) is 14.1. The summed E-state index contributed by atoms with van der Waals surface area (Å²) in [6.45, 7) is 5.87. The second-order valence-corrected chi connectivity index (χ2v) is 10.8. The Balaban J connectivity index is 1.21. The molecule has 6 nitrogen and oxygen atoms in total. The van der Waals surface area contributed by atoms with Crippen LogP contribution in [0, 0.1) is 12.7 Å². The third kappa shape index (κ3) is 5.33. The number of para-hydroxylation sites is 3. The molecular formula is C32H36FN3O3. The number of urea groups is 1. The van der Waals surface area contributed by atoms with E-state index in [1.165, 1.54) is 6.07 Å². The molecule has 204 valence electrons. The molecule has 3 aromatic rings. The van der Waals surface area contributed by atoms with Crippen LogP contribution in [0.5, 0.6) is 5.75 Å². The molecule has 0 spiro atoms. The van der Waals surface area contributed by atoms with Crippen molar-refractivity contribution in [1.29, 1.82) is 0 Å². The molecule has 0 atom stereocenters. The highest BCUT2D eigenvalue weighted by molar-refractivity contribution is 5.95. The number of hydrogen-bond acceptors (Lipinski definition) is 4. The predicted molar refractivity (Wildman–Crippen MR) is 151 cm³/mol. The molecule has 7 heteroatoms. The topological polar surface area (TPSA) is 45.2 Å². The molecular weight excluding hydrogens is 493 g/mol. The van der Waals surface area contributed by atoms with Crippen LogP contribution in [0.4, 0.5) is 20.6 Å². The van der Waals surface area contributed by atoms with Gasteiger partial charge in [-0.2, -0.15) is 0 Å². The highest BCUT2D eigenvalue weighted by atomic mass is 19.1. The number of halogens is 1. The number of carbonyl (C=O) groups is 1. The van der Waals surface area contributed by atoms with Gasteiger partial charge in [-0.05, 0) is 49.1 Å². The quantitative estimate of drug-likeness (QED) is 0.376. The van der Waals surface area contributed by atoms with Gasteiger partial charge in [0.2, 0.25) is 0 Å². The number of rotatable bonds is 6. The molecule has 0 unspecified atom stereocenters. The second-order valence-electron chi connectivity index (χ2n) is 10.8. The van der Waals surface area contributed by atoms with E-state index in [0.29, 0.717) is 18.8 Å². The van der Waals surface area contributed by atoms with E-state index in [1.807, 2.05) is 59.2 Å². The van der Waals surface area contributed by atoms with Crippen molar-refractivity contribution in [3.8, 4) is 5.75 Å². The Morgan fingerprint density at radius 1 is 0.923 bits per heavy atom. The summed E-state index contributed by atoms with van der Waals surface area (Å²) in [5.74, 6) is 0.657. The van der Waals surface area contributed by atoms with Crippen molar-refractivity contribution in [2.24, 2.45) is 0 Å². The number of carbonyl (C=O) groups excluding carboxylic acids is 1. The number of hydrogen-bond donors (Lipinski definition) is 0. The minimum Gasteiger partial charge on any atom is -0.490 e. The molecule has 0 bridgehead atoms. The smallest absolute Gasteiger partial charge is 0.325 e. The summed E-state index contributed by atoms with van der Waals surface area (Å²) < 4.78 is 26.5. The van der Waals surface area contributed by atoms with Crippen LogP contribution < -0.4 is 14.5 Å². The van der Waals surface area contributed by atoms with E-state index < -0.39 is 0 Å². The van der Waals surface area contributed by atoms with Crippen LogP contribution in [0.2, 0.25) is 0 Å². The largest absolute Gasteiger partial charge is 0.490 e. The van der Waals surface area contributed by atoms with Crippen molar-refractivity contribution in [2.45, 2.75) is 57.8 Å². The summed E-state index contributed by atoms with van der Waals surface area (Å²) in [5, 5.41) is 0. The van der Waals surface area contributed by atoms with Gasteiger partial charge in [-0.1, -0.05) is 48.5 Å². The lowest BCUT2D eigenvalue weighted by molar-refractivity contribution is 0.0252. The molecule has 39 heavy (non-hydrogen) atoms. The highest BCUT2D eigenvalue weighted by Crippen LogP contribution is 2.36. The number of anilines is 2. The summed E-state index contributed by atoms with van der Waals surface area (Å²) >= 11 is 0. The first-order valence-corrected chi connectivity index (χ1v) is 14.1. The fourth-order valence-corrected chi connectivity index (χ4v) is 6.17. The summed E-state index contributed by atoms with van der Waals surface area (Å²) in [7, 11) is 0. The van der Waals surface area contributed by atoms with E-state index in [0.717, 1.165) is 80.1 Å². The van der Waals surface area contributed by atoms with Gasteiger partial charge in [0.1, 0.15) is 17.7 Å². The lowest BCUT2D eigenvalue weighted by Crippen LogP contribution is -2.54. The van der Waals surface area contributed by atoms with Gasteiger partial charge >= 0.3 is 6.03 Å². The molecule has 3 aromatic carbocycles. The minimum absolute atomic E-state index is 0.0232. The average Bonchev–Trinajstić information content (AvgIpc) is 2.96. The van der Waals surface area contributed by atoms with Crippen LogP contribution in [0.1, 0.15) is 42.4 Å². The van der Waals surface area contributed by atoms with Crippen LogP contribution in [-0.4, -0.2) is 49.4 Å². The predicted octanol–water partition coefficient (Wildman–Crippen LogP) is 6.30. The second kappa shape index (κ2) is 11.3. The summed E-state index contributed by atoms with van der Waals surface area (Å²) in [6, 6.07) is 21.6. The Morgan fingerprint density at radius 3 is 2.46 bits per heavy atom. The van der Waals surface area contributed by atoms with E-state index in [-0.39, 0.29) is 24.0 Å². The lowest BCUT2D eigenvalue weighted by atomic mass is 9.99. The number of benzene rings is 3. The van der Waals surface area contributed by atoms with E-state index in [4.69, 9.17) is 9.47 Å². The van der Waals surface area contributed by atoms with Crippen LogP contribution in [0.15, 0.2) is 66.7 Å². The van der Waals surface area contributed by atoms with Gasteiger partial charge in [0.25, 0.3) is 0 Å². The highest BCUT2D eigenvalue weighted by Gasteiger charge is 2.36. The number of fused-ring (bicyclic) bond motifs is 1. The van der Waals surface area contributed by atoms with Crippen molar-refractivity contribution in [2.75, 3.05) is 36.1 Å². The zero-order chi connectivity index (χ0) is 26.8. The summed E-state index contributed by atoms with van der Waals surface area (Å²) in [4.78, 5) is 20.1. The third-order valence-corrected chi connectivity index (χ3v) is 8.27. The number of piperidine rings is 1. The van der Waals surface area contributed by atoms with Crippen LogP contribution in [0.3, 0.4) is 0 Å². The van der Waals surface area contributed by atoms with E-state index in [2.05, 4.69) is 17.0 Å². The van der Waals surface area contributed by atoms with Crippen molar-refractivity contribution < 1.29 is 18.7 Å². The van der Waals surface area contributed by atoms with Crippen LogP contribution in [-0.2, 0) is 17.8 Å². The minimum atomic E-state index is -0.177. The molecule has 6 rings (SSSR count). The first-order chi connectivity index (χ1) is 19.1. The van der Waals surface area contributed by atoms with Gasteiger partial charge in [-0.15, -0.1) is 0 Å². The molecule has 2 fully saturated rings. The summed E-state index contributed by atoms with van der Waals surface area (Å²) in [6.07, 6.45) is 3.49. The van der Waals surface area contributed by atoms with Crippen molar-refractivity contribution in [1.82, 2.24) is 4.90 Å². The van der Waals surface area contributed by atoms with E-state index >= 15 is 0 Å². The number of nitrogens with zero attached hydrogens (tertiary/aromatic N) is 3. The van der Waals surface area contributed by atoms with Crippen LogP contribution >= 0.6 is 0 Å². The van der Waals surface area contributed by atoms with E-state index in [9.17, 15) is 9.18 Å². The van der Waals surface area contributed by atoms with Crippen molar-refractivity contribution in [3.63, 3.8) is 0 Å². The molecule has 0 aromatic heterocycles. The zero-order valence-electron chi connectivity index (χ0n) is 22.5. The maximum Gasteiger partial charge on any atom is 0.325 e. The average molecular weight is 530 g/mol. The van der Waals surface area contributed by atoms with Gasteiger partial charge < -0.3 is 19.3 Å². The Labute approximate surface area is 229 Å². The van der Waals surface area contributed by atoms with Gasteiger partial charge in [-0.25, -0.2) is 9.18 Å². The van der Waals surface area contributed by atoms with Gasteiger partial charge in [0.05, 0.1) is 31.1 Å². The van der Waals surface area contributed by atoms with Gasteiger partial charge in [-0.3, -0.25) is 4.90 Å². The zero-order valence-corrected chi connectivity index (χ0v) is 22.5. The normalized spacial score (nSPS) is 18.8. The van der Waals surface area contributed by atoms with Crippen LogP contribution in [0.25, 0.3) is 0 Å². The fraction of sp³-hybridized carbons (Fsp3) is 0.406. The number of aryl methyl sites for hydroxylation is 1. The maximum absolute atomic E-state index is 14.6. The fourth-order valence-electron chi connectivity index (χ4n) is 6.17. The molecule has 2 saturated heterocycles. The Bertz CT molecular complexity index is 1300. The summed E-state index contributed by atoms with van der Waals surface area (Å²) in [5.41, 5.74) is 4.74. The van der Waals surface area contributed by atoms with Crippen molar-refractivity contribution >= 4 is 17.4 Å². The van der Waals surface area contributed by atoms with E-state index in [1.54, 1.807) is 6.07 Å². The lowest BCUT2D eigenvalue weighted by Gasteiger charge is -2.44. The molecule has 3 aliphatic rings. The number of ether oxygens (including phenoxy) is 2. The third-order valence-electron chi connectivity index (χ3n) is 8.27. The monoisotopic (exact) mass is 529 g/mol. The molecule has 3 aliphatic heterocycles. The number of amides is 2. The SMILES string of the molecule is Cc1cccc(F)c1N1CCC(N2Cc3ccccc3N(Cc3ccccc3OC3CCOCC3)C2=O)CC1. The molecule has 0 N–H and O–H groups in total. The molecule has 0 saturated carbocycles. The standard InChI is InChI=1S/C32H36FN3O3/c1-23-7-6-10-28(33)31(23)34-17-13-26(14-18-34)35-21-24-8-2-4-11-29(24)36(32(35)37)22-25-9-3-5-12-30(25)39-27-15-19-38-20-16-27/h2-12,26-27H,13-22H2,1H3. The maximum atomic E-state index is 14.6. The first kappa shape index (κ1) is 25.7. The Hall–Kier alpha value is -3.58. The molecule has 2 amide bonds.